The van der Waals surface area contributed by atoms with Crippen LogP contribution in [-0.2, 0) is 16.0 Å². The molecule has 24 heavy (non-hydrogen) atoms. The highest BCUT2D eigenvalue weighted by Crippen LogP contribution is 2.46. The molecule has 1 aliphatic rings. The van der Waals surface area contributed by atoms with Crippen LogP contribution in [0, 0.1) is 5.41 Å². The van der Waals surface area contributed by atoms with Gasteiger partial charge in [0.1, 0.15) is 0 Å². The Bertz CT molecular complexity index is 544. The summed E-state index contributed by atoms with van der Waals surface area (Å²) in [6.07, 6.45) is 2.31. The molecule has 1 saturated carbocycles. The number of carbonyl (C=O) groups is 1. The average Bonchev–Trinajstić information content (AvgIpc) is 3.00. The Balaban J connectivity index is 2.03. The molecule has 1 aromatic heterocycles. The van der Waals surface area contributed by atoms with Crippen LogP contribution in [0.15, 0.2) is 4.52 Å². The smallest absolute Gasteiger partial charge is 0.379 e. The third kappa shape index (κ3) is 3.95. The molecule has 0 spiro atoms. The van der Waals surface area contributed by atoms with Gasteiger partial charge < -0.3 is 14.0 Å². The highest BCUT2D eigenvalue weighted by molar-refractivity contribution is 5.84. The van der Waals surface area contributed by atoms with Gasteiger partial charge >= 0.3 is 5.97 Å². The first-order valence-corrected chi connectivity index (χ1v) is 8.79. The minimum Gasteiger partial charge on any atom is -0.460 e. The van der Waals surface area contributed by atoms with E-state index in [0.29, 0.717) is 25.1 Å². The number of rotatable bonds is 9. The number of carbonyl (C=O) groups excluding carboxylic acids is 1. The number of nitrogens with zero attached hydrogens (tertiary/aromatic N) is 3. The van der Waals surface area contributed by atoms with Crippen LogP contribution in [0.2, 0.25) is 0 Å². The van der Waals surface area contributed by atoms with Crippen molar-refractivity contribution < 1.29 is 18.8 Å². The zero-order valence-corrected chi connectivity index (χ0v) is 15.4. The lowest BCUT2D eigenvalue weighted by atomic mass is 9.63. The van der Waals surface area contributed by atoms with Crippen LogP contribution in [0.25, 0.3) is 0 Å². The number of ether oxygens (including phenoxy) is 2. The van der Waals surface area contributed by atoms with E-state index in [1.807, 2.05) is 6.92 Å². The molecule has 0 saturated heterocycles. The van der Waals surface area contributed by atoms with Gasteiger partial charge in [0.05, 0.1) is 19.3 Å². The van der Waals surface area contributed by atoms with Crippen molar-refractivity contribution >= 4 is 5.97 Å². The monoisotopic (exact) mass is 339 g/mol. The van der Waals surface area contributed by atoms with Crippen LogP contribution in [0.1, 0.15) is 64.0 Å². The van der Waals surface area contributed by atoms with Gasteiger partial charge in [0.25, 0.3) is 5.82 Å². The fourth-order valence-corrected chi connectivity index (χ4v) is 3.37. The van der Waals surface area contributed by atoms with Crippen molar-refractivity contribution in [2.75, 3.05) is 19.8 Å². The molecule has 0 amide bonds. The normalized spacial score (nSPS) is 22.4. The Kier molecular flexibility index (Phi) is 6.34. The van der Waals surface area contributed by atoms with Crippen LogP contribution in [0.3, 0.4) is 0 Å². The molecule has 7 nitrogen and oxygen atoms in total. The lowest BCUT2D eigenvalue weighted by Gasteiger charge is -2.55. The predicted molar refractivity (Wildman–Crippen MR) is 88.6 cm³/mol. The van der Waals surface area contributed by atoms with Crippen molar-refractivity contribution in [1.82, 2.24) is 15.0 Å². The third-order valence-electron chi connectivity index (χ3n) is 4.71. The highest BCUT2D eigenvalue weighted by Gasteiger charge is 2.51. The number of esters is 1. The zero-order valence-electron chi connectivity index (χ0n) is 15.4. The molecule has 2 rings (SSSR count). The summed E-state index contributed by atoms with van der Waals surface area (Å²) in [5, 5.41) is 3.72. The maximum Gasteiger partial charge on any atom is 0.379 e. The van der Waals surface area contributed by atoms with E-state index < -0.39 is 5.97 Å². The SMILES string of the molecule is CCCN(Cc1nc(C(=O)OCC)no1)[C@@H]1C[C@@H](OCC)C1(C)C. The summed E-state index contributed by atoms with van der Waals surface area (Å²) in [7, 11) is 0. The topological polar surface area (TPSA) is 77.7 Å². The van der Waals surface area contributed by atoms with E-state index in [0.717, 1.165) is 26.0 Å². The summed E-state index contributed by atoms with van der Waals surface area (Å²) in [6, 6.07) is 0.395. The second kappa shape index (κ2) is 8.07. The van der Waals surface area contributed by atoms with Gasteiger partial charge in [-0.2, -0.15) is 4.98 Å². The van der Waals surface area contributed by atoms with E-state index >= 15 is 0 Å². The largest absolute Gasteiger partial charge is 0.460 e. The van der Waals surface area contributed by atoms with E-state index in [9.17, 15) is 4.79 Å². The predicted octanol–water partition coefficient (Wildman–Crippen LogP) is 2.66. The fraction of sp³-hybridized carbons (Fsp3) is 0.824. The van der Waals surface area contributed by atoms with Gasteiger partial charge in [-0.25, -0.2) is 4.79 Å². The van der Waals surface area contributed by atoms with Crippen molar-refractivity contribution in [1.29, 1.82) is 0 Å². The van der Waals surface area contributed by atoms with Crippen LogP contribution < -0.4 is 0 Å². The van der Waals surface area contributed by atoms with E-state index in [-0.39, 0.29) is 17.3 Å². The van der Waals surface area contributed by atoms with Crippen LogP contribution in [-0.4, -0.2) is 52.9 Å². The van der Waals surface area contributed by atoms with Gasteiger partial charge in [-0.3, -0.25) is 4.90 Å². The second-order valence-electron chi connectivity index (χ2n) is 6.72. The van der Waals surface area contributed by atoms with Gasteiger partial charge in [0.15, 0.2) is 0 Å². The summed E-state index contributed by atoms with van der Waals surface area (Å²) < 4.78 is 16.0. The number of hydrogen-bond acceptors (Lipinski definition) is 7. The van der Waals surface area contributed by atoms with Crippen LogP contribution in [0.5, 0.6) is 0 Å². The molecule has 0 aromatic carbocycles. The van der Waals surface area contributed by atoms with Gasteiger partial charge in [-0.05, 0) is 38.4 Å². The van der Waals surface area contributed by atoms with Gasteiger partial charge in [0.2, 0.25) is 5.89 Å². The van der Waals surface area contributed by atoms with E-state index in [2.05, 4.69) is 35.8 Å². The molecule has 1 heterocycles. The maximum absolute atomic E-state index is 11.7. The van der Waals surface area contributed by atoms with E-state index in [1.54, 1.807) is 6.92 Å². The number of aromatic nitrogens is 2. The quantitative estimate of drug-likeness (QED) is 0.640. The maximum atomic E-state index is 11.7. The molecule has 0 N–H and O–H groups in total. The summed E-state index contributed by atoms with van der Waals surface area (Å²) in [4.78, 5) is 18.2. The standard InChI is InChI=1S/C17H29N3O4/c1-6-9-20(12-10-13(22-7-2)17(12,4)5)11-14-18-15(19-24-14)16(21)23-8-3/h12-13H,6-11H2,1-5H3/t12-,13-/m1/s1. The molecule has 0 bridgehead atoms. The molecule has 1 fully saturated rings. The minimum atomic E-state index is -0.546. The summed E-state index contributed by atoms with van der Waals surface area (Å²) in [5.74, 6) is -0.111. The third-order valence-corrected chi connectivity index (χ3v) is 4.71. The van der Waals surface area contributed by atoms with Crippen LogP contribution in [0.4, 0.5) is 0 Å². The molecule has 0 unspecified atom stereocenters. The first-order valence-electron chi connectivity index (χ1n) is 8.79. The molecule has 136 valence electrons. The second-order valence-corrected chi connectivity index (χ2v) is 6.72. The van der Waals surface area contributed by atoms with Crippen molar-refractivity contribution in [3.63, 3.8) is 0 Å². The Morgan fingerprint density at radius 1 is 1.33 bits per heavy atom. The lowest BCUT2D eigenvalue weighted by molar-refractivity contribution is -0.153. The van der Waals surface area contributed by atoms with E-state index in [4.69, 9.17) is 14.0 Å². The van der Waals surface area contributed by atoms with Gasteiger partial charge in [-0.1, -0.05) is 20.8 Å². The molecule has 1 aliphatic carbocycles. The Hall–Kier alpha value is -1.47. The summed E-state index contributed by atoms with van der Waals surface area (Å²) in [5.41, 5.74) is 0.0785. The molecule has 0 aliphatic heterocycles. The van der Waals surface area contributed by atoms with Crippen molar-refractivity contribution in [3.05, 3.63) is 11.7 Å². The highest BCUT2D eigenvalue weighted by atomic mass is 16.5. The lowest BCUT2D eigenvalue weighted by Crippen LogP contribution is -2.62. The van der Waals surface area contributed by atoms with E-state index in [1.165, 1.54) is 0 Å². The van der Waals surface area contributed by atoms with Crippen molar-refractivity contribution in [2.45, 2.75) is 66.2 Å². The molecule has 7 heteroatoms. The molecule has 2 atom stereocenters. The van der Waals surface area contributed by atoms with Gasteiger partial charge in [0, 0.05) is 18.1 Å². The molecule has 0 radical (unpaired) electrons. The Labute approximate surface area is 143 Å². The molecular weight excluding hydrogens is 310 g/mol. The Morgan fingerprint density at radius 2 is 2.08 bits per heavy atom. The molecule has 1 aromatic rings. The first kappa shape index (κ1) is 18.9. The van der Waals surface area contributed by atoms with Crippen LogP contribution >= 0.6 is 0 Å². The Morgan fingerprint density at radius 3 is 2.67 bits per heavy atom. The first-order chi connectivity index (χ1) is 11.4. The molecular formula is C17H29N3O4. The zero-order chi connectivity index (χ0) is 17.7. The van der Waals surface area contributed by atoms with Crippen molar-refractivity contribution in [2.24, 2.45) is 5.41 Å². The minimum absolute atomic E-state index is 0.0108. The summed E-state index contributed by atoms with van der Waals surface area (Å²) in [6.45, 7) is 12.9. The van der Waals surface area contributed by atoms with Gasteiger partial charge in [-0.15, -0.1) is 0 Å². The van der Waals surface area contributed by atoms with Crippen molar-refractivity contribution in [3.8, 4) is 0 Å². The summed E-state index contributed by atoms with van der Waals surface area (Å²) >= 11 is 0. The number of hydrogen-bond donors (Lipinski definition) is 0. The average molecular weight is 339 g/mol. The fourth-order valence-electron chi connectivity index (χ4n) is 3.37.